The zero-order valence-electron chi connectivity index (χ0n) is 13.3. The molecule has 0 spiro atoms. The van der Waals surface area contributed by atoms with Gasteiger partial charge in [-0.05, 0) is 25.0 Å². The van der Waals surface area contributed by atoms with Crippen molar-refractivity contribution >= 4 is 23.3 Å². The molecule has 0 radical (unpaired) electrons. The summed E-state index contributed by atoms with van der Waals surface area (Å²) in [6, 6.07) is 9.62. The SMILES string of the molecule is CC(=O)N(CCC(=O)N1CCc2ccccc21)c1cc(C)on1. The first kappa shape index (κ1) is 15.3. The minimum absolute atomic E-state index is 0.0152. The molecular formula is C17H19N3O3. The number of amides is 2. The van der Waals surface area contributed by atoms with Gasteiger partial charge in [-0.3, -0.25) is 14.5 Å². The first-order valence-electron chi connectivity index (χ1n) is 7.66. The van der Waals surface area contributed by atoms with Crippen LogP contribution in [0.1, 0.15) is 24.7 Å². The topological polar surface area (TPSA) is 66.7 Å². The van der Waals surface area contributed by atoms with Crippen LogP contribution in [-0.2, 0) is 16.0 Å². The summed E-state index contributed by atoms with van der Waals surface area (Å²) in [5, 5.41) is 3.85. The second-order valence-corrected chi connectivity index (χ2v) is 5.64. The number of anilines is 2. The van der Waals surface area contributed by atoms with Crippen LogP contribution in [-0.4, -0.2) is 30.1 Å². The average molecular weight is 313 g/mol. The van der Waals surface area contributed by atoms with Crippen LogP contribution in [0, 0.1) is 6.92 Å². The van der Waals surface area contributed by atoms with E-state index >= 15 is 0 Å². The number of hydrogen-bond acceptors (Lipinski definition) is 4. The van der Waals surface area contributed by atoms with Crippen LogP contribution in [0.5, 0.6) is 0 Å². The molecule has 6 nitrogen and oxygen atoms in total. The number of nitrogens with zero attached hydrogens (tertiary/aromatic N) is 3. The quantitative estimate of drug-likeness (QED) is 0.869. The summed E-state index contributed by atoms with van der Waals surface area (Å²) in [6.07, 6.45) is 1.13. The molecule has 3 rings (SSSR count). The summed E-state index contributed by atoms with van der Waals surface area (Å²) in [5.41, 5.74) is 2.17. The molecule has 1 aliphatic rings. The van der Waals surface area contributed by atoms with Crippen molar-refractivity contribution < 1.29 is 14.1 Å². The fourth-order valence-electron chi connectivity index (χ4n) is 2.85. The molecule has 1 aromatic heterocycles. The number of para-hydroxylation sites is 1. The van der Waals surface area contributed by atoms with E-state index < -0.39 is 0 Å². The van der Waals surface area contributed by atoms with Crippen LogP contribution in [0.15, 0.2) is 34.9 Å². The zero-order chi connectivity index (χ0) is 16.4. The molecule has 2 amide bonds. The highest BCUT2D eigenvalue weighted by Crippen LogP contribution is 2.28. The lowest BCUT2D eigenvalue weighted by Crippen LogP contribution is -2.35. The predicted molar refractivity (Wildman–Crippen MR) is 86.4 cm³/mol. The molecule has 23 heavy (non-hydrogen) atoms. The van der Waals surface area contributed by atoms with E-state index in [9.17, 15) is 9.59 Å². The number of aryl methyl sites for hydroxylation is 1. The van der Waals surface area contributed by atoms with Crippen LogP contribution >= 0.6 is 0 Å². The molecule has 0 aliphatic carbocycles. The van der Waals surface area contributed by atoms with Crippen molar-refractivity contribution in [2.45, 2.75) is 26.7 Å². The normalized spacial score (nSPS) is 13.0. The van der Waals surface area contributed by atoms with E-state index in [1.165, 1.54) is 17.4 Å². The summed E-state index contributed by atoms with van der Waals surface area (Å²) in [5.74, 6) is 0.935. The Morgan fingerprint density at radius 2 is 2.13 bits per heavy atom. The second-order valence-electron chi connectivity index (χ2n) is 5.64. The van der Waals surface area contributed by atoms with Gasteiger partial charge in [0.25, 0.3) is 0 Å². The Bertz CT molecular complexity index is 738. The Morgan fingerprint density at radius 3 is 2.83 bits per heavy atom. The number of aromatic nitrogens is 1. The highest BCUT2D eigenvalue weighted by atomic mass is 16.5. The maximum Gasteiger partial charge on any atom is 0.228 e. The third-order valence-electron chi connectivity index (χ3n) is 4.01. The first-order valence-corrected chi connectivity index (χ1v) is 7.66. The maximum atomic E-state index is 12.5. The molecule has 1 aromatic carbocycles. The Morgan fingerprint density at radius 1 is 1.35 bits per heavy atom. The standard InChI is InChI=1S/C17H19N3O3/c1-12-11-16(18-23-12)19(13(2)21)10-8-17(22)20-9-7-14-5-3-4-6-15(14)20/h3-6,11H,7-10H2,1-2H3. The van der Waals surface area contributed by atoms with Gasteiger partial charge in [-0.25, -0.2) is 0 Å². The lowest BCUT2D eigenvalue weighted by atomic mass is 10.2. The predicted octanol–water partition coefficient (Wildman–Crippen LogP) is 2.32. The first-order chi connectivity index (χ1) is 11.1. The van der Waals surface area contributed by atoms with Crippen LogP contribution in [0.3, 0.4) is 0 Å². The third kappa shape index (κ3) is 3.11. The fourth-order valence-corrected chi connectivity index (χ4v) is 2.85. The Balaban J connectivity index is 1.67. The van der Waals surface area contributed by atoms with Gasteiger partial charge in [0.1, 0.15) is 5.76 Å². The van der Waals surface area contributed by atoms with Crippen molar-refractivity contribution in [1.82, 2.24) is 5.16 Å². The largest absolute Gasteiger partial charge is 0.360 e. The third-order valence-corrected chi connectivity index (χ3v) is 4.01. The smallest absolute Gasteiger partial charge is 0.228 e. The van der Waals surface area contributed by atoms with Crippen molar-refractivity contribution in [3.05, 3.63) is 41.7 Å². The van der Waals surface area contributed by atoms with Crippen molar-refractivity contribution in [3.8, 4) is 0 Å². The van der Waals surface area contributed by atoms with Gasteiger partial charge < -0.3 is 9.42 Å². The molecule has 0 fully saturated rings. The van der Waals surface area contributed by atoms with Gasteiger partial charge in [0.15, 0.2) is 5.82 Å². The molecule has 2 heterocycles. The summed E-state index contributed by atoms with van der Waals surface area (Å²) in [6.45, 7) is 4.21. The fraction of sp³-hybridized carbons (Fsp3) is 0.353. The minimum Gasteiger partial charge on any atom is -0.360 e. The number of carbonyl (C=O) groups is 2. The van der Waals surface area contributed by atoms with E-state index in [1.54, 1.807) is 17.9 Å². The Kier molecular flexibility index (Phi) is 4.14. The molecular weight excluding hydrogens is 294 g/mol. The van der Waals surface area contributed by atoms with E-state index in [0.717, 1.165) is 12.1 Å². The summed E-state index contributed by atoms with van der Waals surface area (Å²) in [4.78, 5) is 27.6. The minimum atomic E-state index is -0.159. The average Bonchev–Trinajstić information content (AvgIpc) is 3.13. The Hall–Kier alpha value is -2.63. The summed E-state index contributed by atoms with van der Waals surface area (Å²) >= 11 is 0. The molecule has 0 atom stereocenters. The summed E-state index contributed by atoms with van der Waals surface area (Å²) in [7, 11) is 0. The molecule has 0 N–H and O–H groups in total. The van der Waals surface area contributed by atoms with Gasteiger partial charge in [-0.15, -0.1) is 0 Å². The number of hydrogen-bond donors (Lipinski definition) is 0. The van der Waals surface area contributed by atoms with Crippen molar-refractivity contribution in [1.29, 1.82) is 0 Å². The van der Waals surface area contributed by atoms with E-state index in [-0.39, 0.29) is 18.2 Å². The van der Waals surface area contributed by atoms with Gasteiger partial charge in [0, 0.05) is 38.2 Å². The highest BCUT2D eigenvalue weighted by molar-refractivity contribution is 5.97. The number of fused-ring (bicyclic) bond motifs is 1. The number of carbonyl (C=O) groups excluding carboxylic acids is 2. The van der Waals surface area contributed by atoms with Crippen molar-refractivity contribution in [2.75, 3.05) is 22.9 Å². The van der Waals surface area contributed by atoms with Gasteiger partial charge in [-0.2, -0.15) is 0 Å². The van der Waals surface area contributed by atoms with Gasteiger partial charge in [0.05, 0.1) is 0 Å². The van der Waals surface area contributed by atoms with Crippen LogP contribution in [0.25, 0.3) is 0 Å². The van der Waals surface area contributed by atoms with Gasteiger partial charge in [-0.1, -0.05) is 23.4 Å². The molecule has 0 bridgehead atoms. The second kappa shape index (κ2) is 6.24. The lowest BCUT2D eigenvalue weighted by molar-refractivity contribution is -0.118. The summed E-state index contributed by atoms with van der Waals surface area (Å²) < 4.78 is 5.01. The lowest BCUT2D eigenvalue weighted by Gasteiger charge is -2.21. The number of benzene rings is 1. The van der Waals surface area contributed by atoms with E-state index in [4.69, 9.17) is 4.52 Å². The number of rotatable bonds is 4. The van der Waals surface area contributed by atoms with E-state index in [2.05, 4.69) is 5.16 Å². The molecule has 1 aliphatic heterocycles. The van der Waals surface area contributed by atoms with Crippen LogP contribution in [0.4, 0.5) is 11.5 Å². The van der Waals surface area contributed by atoms with E-state index in [1.807, 2.05) is 24.3 Å². The maximum absolute atomic E-state index is 12.5. The van der Waals surface area contributed by atoms with Gasteiger partial charge in [0.2, 0.25) is 11.8 Å². The van der Waals surface area contributed by atoms with Gasteiger partial charge >= 0.3 is 0 Å². The van der Waals surface area contributed by atoms with E-state index in [0.29, 0.717) is 24.7 Å². The highest BCUT2D eigenvalue weighted by Gasteiger charge is 2.25. The van der Waals surface area contributed by atoms with Crippen molar-refractivity contribution in [3.63, 3.8) is 0 Å². The molecule has 6 heteroatoms. The molecule has 0 saturated carbocycles. The zero-order valence-corrected chi connectivity index (χ0v) is 13.3. The molecule has 0 saturated heterocycles. The van der Waals surface area contributed by atoms with Crippen molar-refractivity contribution in [2.24, 2.45) is 0 Å². The molecule has 0 unspecified atom stereocenters. The monoisotopic (exact) mass is 313 g/mol. The van der Waals surface area contributed by atoms with Crippen LogP contribution in [0.2, 0.25) is 0 Å². The van der Waals surface area contributed by atoms with Crippen LogP contribution < -0.4 is 9.80 Å². The molecule has 2 aromatic rings. The Labute approximate surface area is 134 Å². The molecule has 120 valence electrons.